The molecular formula is C15H24N2O2. The summed E-state index contributed by atoms with van der Waals surface area (Å²) in [6.45, 7) is 1.76. The first-order chi connectivity index (χ1) is 9.27. The van der Waals surface area contributed by atoms with Crippen molar-refractivity contribution in [1.82, 2.24) is 10.2 Å². The number of hydrogen-bond acceptors (Lipinski definition) is 3. The molecule has 1 aliphatic heterocycles. The molecule has 2 rings (SSSR count). The van der Waals surface area contributed by atoms with E-state index in [-0.39, 0.29) is 11.9 Å². The Morgan fingerprint density at radius 2 is 2.37 bits per heavy atom. The summed E-state index contributed by atoms with van der Waals surface area (Å²) in [5.74, 6) is 1.17. The van der Waals surface area contributed by atoms with E-state index in [1.807, 2.05) is 12.1 Å². The van der Waals surface area contributed by atoms with Crippen molar-refractivity contribution >= 4 is 5.91 Å². The summed E-state index contributed by atoms with van der Waals surface area (Å²) in [5, 5.41) is 3.05. The van der Waals surface area contributed by atoms with E-state index in [0.29, 0.717) is 0 Å². The summed E-state index contributed by atoms with van der Waals surface area (Å²) in [6.07, 6.45) is 8.10. The monoisotopic (exact) mass is 264 g/mol. The second-order valence-electron chi connectivity index (χ2n) is 5.32. The Bertz CT molecular complexity index is 376. The minimum atomic E-state index is 0.0612. The lowest BCUT2D eigenvalue weighted by molar-refractivity contribution is -0.126. The number of likely N-dealkylation sites (N-methyl/N-ethyl adjacent to an activating group) is 1. The number of nitrogens with zero attached hydrogens (tertiary/aromatic N) is 1. The van der Waals surface area contributed by atoms with Gasteiger partial charge in [0.2, 0.25) is 5.91 Å². The SMILES string of the molecule is CN1CCCCC[C@@H]1C(=O)NCCCc1ccco1. The van der Waals surface area contributed by atoms with E-state index in [4.69, 9.17) is 4.42 Å². The van der Waals surface area contributed by atoms with E-state index in [1.165, 1.54) is 12.8 Å². The molecular weight excluding hydrogens is 240 g/mol. The van der Waals surface area contributed by atoms with Crippen LogP contribution in [0.15, 0.2) is 22.8 Å². The third-order valence-corrected chi connectivity index (χ3v) is 3.80. The van der Waals surface area contributed by atoms with Gasteiger partial charge in [0, 0.05) is 13.0 Å². The van der Waals surface area contributed by atoms with Crippen LogP contribution in [0, 0.1) is 0 Å². The van der Waals surface area contributed by atoms with Crippen LogP contribution in [-0.2, 0) is 11.2 Å². The van der Waals surface area contributed by atoms with Crippen molar-refractivity contribution in [1.29, 1.82) is 0 Å². The Balaban J connectivity index is 1.68. The van der Waals surface area contributed by atoms with Gasteiger partial charge in [0.1, 0.15) is 5.76 Å². The van der Waals surface area contributed by atoms with E-state index < -0.39 is 0 Å². The molecule has 1 aromatic heterocycles. The number of likely N-dealkylation sites (tertiary alicyclic amines) is 1. The lowest BCUT2D eigenvalue weighted by Crippen LogP contribution is -2.45. The Labute approximate surface area is 115 Å². The minimum Gasteiger partial charge on any atom is -0.469 e. The Kier molecular flexibility index (Phi) is 5.45. The van der Waals surface area contributed by atoms with Gasteiger partial charge in [-0.25, -0.2) is 0 Å². The van der Waals surface area contributed by atoms with E-state index in [0.717, 1.165) is 44.5 Å². The van der Waals surface area contributed by atoms with Gasteiger partial charge in [-0.05, 0) is 45.0 Å². The molecule has 0 aromatic carbocycles. The number of amides is 1. The third-order valence-electron chi connectivity index (χ3n) is 3.80. The number of hydrogen-bond donors (Lipinski definition) is 1. The summed E-state index contributed by atoms with van der Waals surface area (Å²) in [4.78, 5) is 14.3. The molecule has 4 nitrogen and oxygen atoms in total. The molecule has 0 radical (unpaired) electrons. The van der Waals surface area contributed by atoms with Crippen LogP contribution in [0.5, 0.6) is 0 Å². The predicted molar refractivity (Wildman–Crippen MR) is 74.9 cm³/mol. The number of furan rings is 1. The van der Waals surface area contributed by atoms with Crippen molar-refractivity contribution < 1.29 is 9.21 Å². The van der Waals surface area contributed by atoms with Crippen LogP contribution in [0.25, 0.3) is 0 Å². The van der Waals surface area contributed by atoms with E-state index >= 15 is 0 Å². The Morgan fingerprint density at radius 1 is 1.47 bits per heavy atom. The van der Waals surface area contributed by atoms with Gasteiger partial charge >= 0.3 is 0 Å². The highest BCUT2D eigenvalue weighted by atomic mass is 16.3. The average Bonchev–Trinajstić information content (AvgIpc) is 2.82. The average molecular weight is 264 g/mol. The standard InChI is InChI=1S/C15H24N2O2/c1-17-11-4-2-3-9-14(17)15(18)16-10-5-7-13-8-6-12-19-13/h6,8,12,14H,2-5,7,9-11H2,1H3,(H,16,18)/t14-/m1/s1. The molecule has 1 aromatic rings. The third kappa shape index (κ3) is 4.39. The molecule has 1 fully saturated rings. The van der Waals surface area contributed by atoms with Crippen molar-refractivity contribution in [3.63, 3.8) is 0 Å². The molecule has 0 unspecified atom stereocenters. The zero-order valence-corrected chi connectivity index (χ0v) is 11.7. The molecule has 106 valence electrons. The Hall–Kier alpha value is -1.29. The summed E-state index contributed by atoms with van der Waals surface area (Å²) >= 11 is 0. The first kappa shape index (κ1) is 14.1. The number of carbonyl (C=O) groups is 1. The summed E-state index contributed by atoms with van der Waals surface area (Å²) in [5.41, 5.74) is 0. The predicted octanol–water partition coefficient (Wildman–Crippen LogP) is 2.20. The molecule has 2 heterocycles. The normalized spacial score (nSPS) is 21.0. The maximum Gasteiger partial charge on any atom is 0.237 e. The Morgan fingerprint density at radius 3 is 3.16 bits per heavy atom. The number of aryl methyl sites for hydroxylation is 1. The summed E-state index contributed by atoms with van der Waals surface area (Å²) in [7, 11) is 2.05. The molecule has 4 heteroatoms. The largest absolute Gasteiger partial charge is 0.469 e. The molecule has 1 amide bonds. The van der Waals surface area contributed by atoms with Crippen LogP contribution in [0.3, 0.4) is 0 Å². The molecule has 0 spiro atoms. The zero-order chi connectivity index (χ0) is 13.5. The van der Waals surface area contributed by atoms with Crippen LogP contribution in [0.1, 0.15) is 37.9 Å². The van der Waals surface area contributed by atoms with Gasteiger partial charge < -0.3 is 9.73 Å². The summed E-state index contributed by atoms with van der Waals surface area (Å²) < 4.78 is 5.27. The van der Waals surface area contributed by atoms with Crippen LogP contribution in [0.4, 0.5) is 0 Å². The highest BCUT2D eigenvalue weighted by Crippen LogP contribution is 2.15. The van der Waals surface area contributed by atoms with Crippen LogP contribution in [-0.4, -0.2) is 37.0 Å². The van der Waals surface area contributed by atoms with Crippen LogP contribution >= 0.6 is 0 Å². The van der Waals surface area contributed by atoms with Crippen molar-refractivity contribution in [2.75, 3.05) is 20.1 Å². The number of nitrogens with one attached hydrogen (secondary N) is 1. The molecule has 1 saturated heterocycles. The van der Waals surface area contributed by atoms with Crippen molar-refractivity contribution in [2.24, 2.45) is 0 Å². The van der Waals surface area contributed by atoms with Crippen LogP contribution < -0.4 is 5.32 Å². The molecule has 1 aliphatic rings. The van der Waals surface area contributed by atoms with E-state index in [2.05, 4.69) is 17.3 Å². The molecule has 1 N–H and O–H groups in total. The fourth-order valence-electron chi connectivity index (χ4n) is 2.63. The lowest BCUT2D eigenvalue weighted by atomic mass is 10.1. The second-order valence-corrected chi connectivity index (χ2v) is 5.32. The first-order valence-electron chi connectivity index (χ1n) is 7.27. The molecule has 19 heavy (non-hydrogen) atoms. The number of rotatable bonds is 5. The molecule has 0 bridgehead atoms. The maximum absolute atomic E-state index is 12.1. The minimum absolute atomic E-state index is 0.0612. The topological polar surface area (TPSA) is 45.5 Å². The lowest BCUT2D eigenvalue weighted by Gasteiger charge is -2.24. The van der Waals surface area contributed by atoms with Crippen molar-refractivity contribution in [2.45, 2.75) is 44.6 Å². The zero-order valence-electron chi connectivity index (χ0n) is 11.7. The summed E-state index contributed by atoms with van der Waals surface area (Å²) in [6, 6.07) is 3.93. The van der Waals surface area contributed by atoms with Gasteiger partial charge in [-0.1, -0.05) is 12.8 Å². The van der Waals surface area contributed by atoms with Gasteiger partial charge in [0.15, 0.2) is 0 Å². The first-order valence-corrected chi connectivity index (χ1v) is 7.27. The fourth-order valence-corrected chi connectivity index (χ4v) is 2.63. The molecule has 0 aliphatic carbocycles. The van der Waals surface area contributed by atoms with Gasteiger partial charge in [-0.2, -0.15) is 0 Å². The van der Waals surface area contributed by atoms with Gasteiger partial charge in [-0.15, -0.1) is 0 Å². The van der Waals surface area contributed by atoms with E-state index in [9.17, 15) is 4.79 Å². The van der Waals surface area contributed by atoms with Gasteiger partial charge in [-0.3, -0.25) is 9.69 Å². The smallest absolute Gasteiger partial charge is 0.237 e. The highest BCUT2D eigenvalue weighted by molar-refractivity contribution is 5.81. The van der Waals surface area contributed by atoms with Gasteiger partial charge in [0.05, 0.1) is 12.3 Å². The number of carbonyl (C=O) groups excluding carboxylic acids is 1. The highest BCUT2D eigenvalue weighted by Gasteiger charge is 2.23. The molecule has 1 atom stereocenters. The van der Waals surface area contributed by atoms with Crippen LogP contribution in [0.2, 0.25) is 0 Å². The quantitative estimate of drug-likeness (QED) is 0.829. The fraction of sp³-hybridized carbons (Fsp3) is 0.667. The van der Waals surface area contributed by atoms with Crippen molar-refractivity contribution in [3.8, 4) is 0 Å². The maximum atomic E-state index is 12.1. The molecule has 0 saturated carbocycles. The van der Waals surface area contributed by atoms with Crippen molar-refractivity contribution in [3.05, 3.63) is 24.2 Å². The van der Waals surface area contributed by atoms with Gasteiger partial charge in [0.25, 0.3) is 0 Å². The van der Waals surface area contributed by atoms with E-state index in [1.54, 1.807) is 6.26 Å². The second kappa shape index (κ2) is 7.34.